The topological polar surface area (TPSA) is 79.5 Å². The van der Waals surface area contributed by atoms with E-state index in [9.17, 15) is 4.79 Å². The van der Waals surface area contributed by atoms with Crippen molar-refractivity contribution >= 4 is 17.4 Å². The quantitative estimate of drug-likeness (QED) is 0.815. The Labute approximate surface area is 109 Å². The molecule has 2 unspecified atom stereocenters. The summed E-state index contributed by atoms with van der Waals surface area (Å²) in [6.07, 6.45) is 5.68. The summed E-state index contributed by atoms with van der Waals surface area (Å²) in [5.74, 6) is -0.363. The van der Waals surface area contributed by atoms with Crippen LogP contribution in [0.3, 0.4) is 0 Å². The average Bonchev–Trinajstić information content (AvgIpc) is 2.96. The van der Waals surface area contributed by atoms with Crippen LogP contribution in [0.2, 0.25) is 0 Å². The van der Waals surface area contributed by atoms with E-state index < -0.39 is 11.9 Å². The number of aliphatic carboxylic acids is 1. The number of nitrogens with one attached hydrogen (secondary N) is 1. The van der Waals surface area contributed by atoms with Gasteiger partial charge in [0.25, 0.3) is 0 Å². The molecule has 19 heavy (non-hydrogen) atoms. The highest BCUT2D eigenvalue weighted by Crippen LogP contribution is 2.22. The predicted octanol–water partition coefficient (Wildman–Crippen LogP) is 1.48. The summed E-state index contributed by atoms with van der Waals surface area (Å²) in [5.41, 5.74) is 1.86. The zero-order chi connectivity index (χ0) is 13.4. The maximum atomic E-state index is 10.9. The number of carbonyl (C=O) groups is 1. The molecule has 6 heteroatoms. The third-order valence-electron chi connectivity index (χ3n) is 3.26. The molecule has 2 N–H and O–H groups in total. The normalized spacial score (nSPS) is 21.9. The lowest BCUT2D eigenvalue weighted by Crippen LogP contribution is -2.20. The zero-order valence-electron chi connectivity index (χ0n) is 10.4. The van der Waals surface area contributed by atoms with Gasteiger partial charge in [-0.25, -0.2) is 4.98 Å². The fourth-order valence-electron chi connectivity index (χ4n) is 2.34. The van der Waals surface area contributed by atoms with E-state index in [0.29, 0.717) is 6.42 Å². The van der Waals surface area contributed by atoms with E-state index in [4.69, 9.17) is 5.11 Å². The van der Waals surface area contributed by atoms with Crippen molar-refractivity contribution in [2.45, 2.75) is 19.4 Å². The largest absolute Gasteiger partial charge is 0.481 e. The van der Waals surface area contributed by atoms with Gasteiger partial charge in [0.15, 0.2) is 5.65 Å². The Balaban J connectivity index is 1.85. The Morgan fingerprint density at radius 3 is 3.05 bits per heavy atom. The van der Waals surface area contributed by atoms with Crippen LogP contribution in [0.1, 0.15) is 12.0 Å². The second-order valence-electron chi connectivity index (χ2n) is 4.76. The first-order valence-electron chi connectivity index (χ1n) is 6.11. The van der Waals surface area contributed by atoms with Crippen molar-refractivity contribution in [2.75, 3.05) is 5.32 Å². The maximum absolute atomic E-state index is 10.9. The van der Waals surface area contributed by atoms with Crippen LogP contribution in [0.25, 0.3) is 5.65 Å². The molecule has 0 aliphatic heterocycles. The van der Waals surface area contributed by atoms with Gasteiger partial charge in [-0.1, -0.05) is 12.2 Å². The van der Waals surface area contributed by atoms with Crippen molar-refractivity contribution in [3.8, 4) is 0 Å². The van der Waals surface area contributed by atoms with Crippen LogP contribution in [0.5, 0.6) is 0 Å². The van der Waals surface area contributed by atoms with E-state index in [0.717, 1.165) is 17.0 Å². The van der Waals surface area contributed by atoms with Gasteiger partial charge in [-0.05, 0) is 31.0 Å². The van der Waals surface area contributed by atoms with Crippen molar-refractivity contribution in [2.24, 2.45) is 5.92 Å². The molecule has 0 fully saturated rings. The summed E-state index contributed by atoms with van der Waals surface area (Å²) in [5, 5.41) is 16.4. The molecular formula is C13H14N4O2. The number of fused-ring (bicyclic) bond motifs is 1. The molecule has 2 aromatic heterocycles. The minimum atomic E-state index is -0.782. The van der Waals surface area contributed by atoms with Crippen molar-refractivity contribution < 1.29 is 9.90 Å². The van der Waals surface area contributed by atoms with Crippen molar-refractivity contribution in [1.29, 1.82) is 0 Å². The van der Waals surface area contributed by atoms with E-state index in [1.54, 1.807) is 10.6 Å². The number of carboxylic acids is 1. The second-order valence-corrected chi connectivity index (χ2v) is 4.76. The molecule has 1 aliphatic carbocycles. The molecule has 0 saturated carbocycles. The van der Waals surface area contributed by atoms with Crippen LogP contribution in [-0.2, 0) is 4.79 Å². The molecule has 0 spiro atoms. The van der Waals surface area contributed by atoms with Gasteiger partial charge >= 0.3 is 5.97 Å². The lowest BCUT2D eigenvalue weighted by atomic mass is 10.1. The molecule has 0 saturated heterocycles. The number of hydrogen-bond donors (Lipinski definition) is 2. The highest BCUT2D eigenvalue weighted by Gasteiger charge is 2.24. The third-order valence-corrected chi connectivity index (χ3v) is 3.26. The van der Waals surface area contributed by atoms with E-state index in [1.807, 2.05) is 25.1 Å². The molecular weight excluding hydrogens is 244 g/mol. The molecule has 0 bridgehead atoms. The van der Waals surface area contributed by atoms with Crippen molar-refractivity contribution in [3.05, 3.63) is 36.2 Å². The Morgan fingerprint density at radius 1 is 1.47 bits per heavy atom. The smallest absolute Gasteiger partial charge is 0.310 e. The number of aromatic nitrogens is 3. The molecule has 6 nitrogen and oxygen atoms in total. The summed E-state index contributed by atoms with van der Waals surface area (Å²) in [6.45, 7) is 1.99. The first-order valence-corrected chi connectivity index (χ1v) is 6.11. The molecule has 98 valence electrons. The van der Waals surface area contributed by atoms with Gasteiger partial charge in [0.1, 0.15) is 12.1 Å². The fourth-order valence-corrected chi connectivity index (χ4v) is 2.34. The van der Waals surface area contributed by atoms with Gasteiger partial charge in [-0.15, -0.1) is 0 Å². The van der Waals surface area contributed by atoms with Gasteiger partial charge in [-0.2, -0.15) is 9.61 Å². The lowest BCUT2D eigenvalue weighted by molar-refractivity contribution is -0.140. The van der Waals surface area contributed by atoms with Gasteiger partial charge in [-0.3, -0.25) is 4.79 Å². The first-order chi connectivity index (χ1) is 9.13. The third kappa shape index (κ3) is 2.16. The predicted molar refractivity (Wildman–Crippen MR) is 70.0 cm³/mol. The van der Waals surface area contributed by atoms with Crippen LogP contribution < -0.4 is 5.32 Å². The Morgan fingerprint density at radius 2 is 2.32 bits per heavy atom. The monoisotopic (exact) mass is 258 g/mol. The molecule has 2 atom stereocenters. The highest BCUT2D eigenvalue weighted by molar-refractivity contribution is 5.73. The van der Waals surface area contributed by atoms with Gasteiger partial charge in [0.05, 0.1) is 5.92 Å². The van der Waals surface area contributed by atoms with E-state index in [-0.39, 0.29) is 6.04 Å². The molecule has 0 amide bonds. The average molecular weight is 258 g/mol. The van der Waals surface area contributed by atoms with Gasteiger partial charge in [0, 0.05) is 6.04 Å². The lowest BCUT2D eigenvalue weighted by Gasteiger charge is -2.14. The summed E-state index contributed by atoms with van der Waals surface area (Å²) in [6, 6.07) is 3.93. The molecule has 3 rings (SSSR count). The van der Waals surface area contributed by atoms with Crippen LogP contribution >= 0.6 is 0 Å². The fraction of sp³-hybridized carbons (Fsp3) is 0.308. The summed E-state index contributed by atoms with van der Waals surface area (Å²) in [4.78, 5) is 15.1. The Kier molecular flexibility index (Phi) is 2.70. The zero-order valence-corrected chi connectivity index (χ0v) is 10.4. The van der Waals surface area contributed by atoms with Gasteiger partial charge < -0.3 is 10.4 Å². The number of nitrogens with zero attached hydrogens (tertiary/aromatic N) is 3. The molecule has 1 aliphatic rings. The summed E-state index contributed by atoms with van der Waals surface area (Å²) >= 11 is 0. The van der Waals surface area contributed by atoms with E-state index >= 15 is 0 Å². The summed E-state index contributed by atoms with van der Waals surface area (Å²) in [7, 11) is 0. The van der Waals surface area contributed by atoms with E-state index in [2.05, 4.69) is 15.4 Å². The molecule has 0 radical (unpaired) electrons. The molecule has 2 heterocycles. The van der Waals surface area contributed by atoms with E-state index in [1.165, 1.54) is 6.33 Å². The van der Waals surface area contributed by atoms with Crippen molar-refractivity contribution in [1.82, 2.24) is 14.6 Å². The van der Waals surface area contributed by atoms with Crippen LogP contribution in [-0.4, -0.2) is 31.7 Å². The number of pyridine rings is 1. The van der Waals surface area contributed by atoms with Gasteiger partial charge in [0.2, 0.25) is 0 Å². The number of aryl methyl sites for hydroxylation is 1. The molecule has 2 aromatic rings. The SMILES string of the molecule is Cc1cc(NC2C=CC(C(=O)O)C2)n2ncnc2c1. The Hall–Kier alpha value is -2.37. The van der Waals surface area contributed by atoms with Crippen LogP contribution in [0.4, 0.5) is 5.82 Å². The van der Waals surface area contributed by atoms with Crippen LogP contribution in [0, 0.1) is 12.8 Å². The minimum absolute atomic E-state index is 0.00954. The number of carboxylic acid groups (broad SMARTS) is 1. The second kappa shape index (κ2) is 4.38. The highest BCUT2D eigenvalue weighted by atomic mass is 16.4. The van der Waals surface area contributed by atoms with Crippen molar-refractivity contribution in [3.63, 3.8) is 0 Å². The first kappa shape index (κ1) is 11.7. The maximum Gasteiger partial charge on any atom is 0.310 e. The van der Waals surface area contributed by atoms with Crippen LogP contribution in [0.15, 0.2) is 30.6 Å². The number of hydrogen-bond acceptors (Lipinski definition) is 4. The Bertz CT molecular complexity index is 662. The number of anilines is 1. The summed E-state index contributed by atoms with van der Waals surface area (Å²) < 4.78 is 1.72. The molecule has 0 aromatic carbocycles. The standard InChI is InChI=1S/C13H14N4O2/c1-8-4-11-14-7-15-17(11)12(5-8)16-10-3-2-9(6-10)13(18)19/h2-5,7,9-10,16H,6H2,1H3,(H,18,19). The number of rotatable bonds is 3. The minimum Gasteiger partial charge on any atom is -0.481 e.